The maximum Gasteiger partial charge on any atom is 0.324 e. The first kappa shape index (κ1) is 19.8. The number of nitrogens with zero attached hydrogens (tertiary/aromatic N) is 2. The van der Waals surface area contributed by atoms with Crippen molar-refractivity contribution in [3.8, 4) is 0 Å². The van der Waals surface area contributed by atoms with E-state index in [1.54, 1.807) is 12.1 Å². The number of methoxy groups -OCH3 is 1. The quantitative estimate of drug-likeness (QED) is 0.540. The highest BCUT2D eigenvalue weighted by atomic mass is 32.2. The van der Waals surface area contributed by atoms with E-state index in [9.17, 15) is 18.0 Å². The number of ether oxygens (including phenoxy) is 1. The van der Waals surface area contributed by atoms with Gasteiger partial charge in [-0.05, 0) is 49.8 Å². The van der Waals surface area contributed by atoms with Gasteiger partial charge in [-0.3, -0.25) is 4.79 Å². The molecular formula is C19H26N2O5S. The number of esters is 1. The Kier molecular flexibility index (Phi) is 5.86. The Morgan fingerprint density at radius 3 is 2.78 bits per heavy atom. The lowest BCUT2D eigenvalue weighted by Crippen LogP contribution is -2.41. The van der Waals surface area contributed by atoms with Crippen molar-refractivity contribution in [2.45, 2.75) is 43.5 Å². The number of anilines is 1. The molecule has 0 aromatic heterocycles. The number of hydrogen-bond donors (Lipinski definition) is 0. The average Bonchev–Trinajstić information content (AvgIpc) is 3.31. The van der Waals surface area contributed by atoms with Crippen LogP contribution in [0.1, 0.15) is 31.2 Å². The summed E-state index contributed by atoms with van der Waals surface area (Å²) in [5, 5.41) is 0. The van der Waals surface area contributed by atoms with Gasteiger partial charge in [0.05, 0.1) is 12.8 Å². The van der Waals surface area contributed by atoms with Gasteiger partial charge in [0.15, 0.2) is 0 Å². The zero-order valence-corrected chi connectivity index (χ0v) is 16.6. The van der Waals surface area contributed by atoms with E-state index in [0.29, 0.717) is 44.6 Å². The number of rotatable bonds is 6. The second kappa shape index (κ2) is 7.98. The summed E-state index contributed by atoms with van der Waals surface area (Å²) in [7, 11) is -2.56. The Hall–Kier alpha value is -1.93. The molecule has 1 aromatic carbocycles. The van der Waals surface area contributed by atoms with Gasteiger partial charge in [-0.1, -0.05) is 6.07 Å². The van der Waals surface area contributed by atoms with Crippen LogP contribution in [0.5, 0.6) is 0 Å². The Morgan fingerprint density at radius 2 is 2.07 bits per heavy atom. The predicted octanol–water partition coefficient (Wildman–Crippen LogP) is 1.74. The standard InChI is InChI=1S/C19H26N2O5S/c1-14-5-6-18(17(12-14)20-10-7-15(13-20)8-11-22)27(24,25)21-9-3-4-16(21)19(23)26-2/h5-6,11-12,15-16H,3-4,7-10,13H2,1-2H3/t15-,16+/m1/s1. The minimum atomic E-state index is -3.84. The smallest absolute Gasteiger partial charge is 0.324 e. The average molecular weight is 394 g/mol. The molecule has 1 aromatic rings. The van der Waals surface area contributed by atoms with Crippen LogP contribution in [0.2, 0.25) is 0 Å². The topological polar surface area (TPSA) is 84.0 Å². The predicted molar refractivity (Wildman–Crippen MR) is 101 cm³/mol. The highest BCUT2D eigenvalue weighted by Crippen LogP contribution is 2.35. The third-order valence-electron chi connectivity index (χ3n) is 5.43. The van der Waals surface area contributed by atoms with Gasteiger partial charge < -0.3 is 14.4 Å². The van der Waals surface area contributed by atoms with Crippen LogP contribution in [0.15, 0.2) is 23.1 Å². The Labute approximate surface area is 160 Å². The minimum absolute atomic E-state index is 0.218. The van der Waals surface area contributed by atoms with Crippen LogP contribution in [0.3, 0.4) is 0 Å². The fraction of sp³-hybridized carbons (Fsp3) is 0.579. The Balaban J connectivity index is 1.96. The zero-order chi connectivity index (χ0) is 19.6. The van der Waals surface area contributed by atoms with Crippen molar-refractivity contribution in [3.05, 3.63) is 23.8 Å². The molecule has 148 valence electrons. The maximum atomic E-state index is 13.4. The number of sulfonamides is 1. The normalized spacial score (nSPS) is 23.6. The molecule has 0 N–H and O–H groups in total. The SMILES string of the molecule is COC(=O)[C@@H]1CCCN1S(=O)(=O)c1ccc(C)cc1N1CC[C@H](CC=O)C1. The molecule has 0 saturated carbocycles. The van der Waals surface area contributed by atoms with Crippen LogP contribution in [0.4, 0.5) is 5.69 Å². The van der Waals surface area contributed by atoms with Crippen molar-refractivity contribution < 1.29 is 22.7 Å². The molecule has 8 heteroatoms. The molecule has 0 spiro atoms. The molecule has 27 heavy (non-hydrogen) atoms. The molecule has 2 aliphatic rings. The number of carbonyl (C=O) groups is 2. The van der Waals surface area contributed by atoms with E-state index in [-0.39, 0.29) is 10.8 Å². The van der Waals surface area contributed by atoms with E-state index in [2.05, 4.69) is 0 Å². The molecule has 0 amide bonds. The van der Waals surface area contributed by atoms with E-state index in [0.717, 1.165) is 18.3 Å². The van der Waals surface area contributed by atoms with Gasteiger partial charge in [0.2, 0.25) is 10.0 Å². The summed E-state index contributed by atoms with van der Waals surface area (Å²) in [6, 6.07) is 4.51. The third kappa shape index (κ3) is 3.87. The van der Waals surface area contributed by atoms with Crippen molar-refractivity contribution in [3.63, 3.8) is 0 Å². The van der Waals surface area contributed by atoms with Gasteiger partial charge in [0.25, 0.3) is 0 Å². The van der Waals surface area contributed by atoms with Crippen molar-refractivity contribution in [2.24, 2.45) is 5.92 Å². The fourth-order valence-corrected chi connectivity index (χ4v) is 5.84. The molecule has 0 radical (unpaired) electrons. The van der Waals surface area contributed by atoms with Crippen LogP contribution in [0, 0.1) is 12.8 Å². The Bertz CT molecular complexity index is 823. The summed E-state index contributed by atoms with van der Waals surface area (Å²) in [5.74, 6) is -0.273. The number of benzene rings is 1. The second-order valence-electron chi connectivity index (χ2n) is 7.27. The highest BCUT2D eigenvalue weighted by molar-refractivity contribution is 7.89. The molecule has 7 nitrogen and oxygen atoms in total. The van der Waals surface area contributed by atoms with E-state index < -0.39 is 22.0 Å². The third-order valence-corrected chi connectivity index (χ3v) is 7.39. The molecule has 0 aliphatic carbocycles. The number of hydrogen-bond acceptors (Lipinski definition) is 6. The van der Waals surface area contributed by atoms with Crippen molar-refractivity contribution in [1.82, 2.24) is 4.31 Å². The second-order valence-corrected chi connectivity index (χ2v) is 9.13. The van der Waals surface area contributed by atoms with Gasteiger partial charge in [0.1, 0.15) is 17.2 Å². The molecule has 2 aliphatic heterocycles. The lowest BCUT2D eigenvalue weighted by Gasteiger charge is -2.27. The Morgan fingerprint density at radius 1 is 1.30 bits per heavy atom. The molecule has 2 atom stereocenters. The largest absolute Gasteiger partial charge is 0.468 e. The van der Waals surface area contributed by atoms with Crippen molar-refractivity contribution in [1.29, 1.82) is 0 Å². The molecule has 2 fully saturated rings. The summed E-state index contributed by atoms with van der Waals surface area (Å²) in [5.41, 5.74) is 1.62. The van der Waals surface area contributed by atoms with E-state index in [4.69, 9.17) is 4.74 Å². The summed E-state index contributed by atoms with van der Waals surface area (Å²) >= 11 is 0. The first-order chi connectivity index (χ1) is 12.9. The maximum absolute atomic E-state index is 13.4. The number of carbonyl (C=O) groups excluding carboxylic acids is 2. The van der Waals surface area contributed by atoms with Crippen LogP contribution in [0.25, 0.3) is 0 Å². The van der Waals surface area contributed by atoms with Crippen LogP contribution < -0.4 is 4.90 Å². The molecule has 0 unspecified atom stereocenters. The van der Waals surface area contributed by atoms with E-state index in [1.807, 2.05) is 17.9 Å². The van der Waals surface area contributed by atoms with Gasteiger partial charge in [-0.25, -0.2) is 8.42 Å². The van der Waals surface area contributed by atoms with Crippen LogP contribution >= 0.6 is 0 Å². The van der Waals surface area contributed by atoms with Gasteiger partial charge in [-0.15, -0.1) is 0 Å². The number of aryl methyl sites for hydroxylation is 1. The fourth-order valence-electron chi connectivity index (χ4n) is 4.00. The molecule has 2 heterocycles. The van der Waals surface area contributed by atoms with Crippen molar-refractivity contribution >= 4 is 28.0 Å². The van der Waals surface area contributed by atoms with Crippen LogP contribution in [-0.4, -0.2) is 57.8 Å². The first-order valence-electron chi connectivity index (χ1n) is 9.27. The summed E-state index contributed by atoms with van der Waals surface area (Å²) in [6.07, 6.45) is 3.37. The summed E-state index contributed by atoms with van der Waals surface area (Å²) < 4.78 is 32.9. The molecular weight excluding hydrogens is 368 g/mol. The molecule has 0 bridgehead atoms. The van der Waals surface area contributed by atoms with Gasteiger partial charge in [0, 0.05) is 26.1 Å². The van der Waals surface area contributed by atoms with Gasteiger partial charge >= 0.3 is 5.97 Å². The summed E-state index contributed by atoms with van der Waals surface area (Å²) in [4.78, 5) is 25.1. The number of aldehydes is 1. The highest BCUT2D eigenvalue weighted by Gasteiger charge is 2.41. The van der Waals surface area contributed by atoms with Gasteiger partial charge in [-0.2, -0.15) is 4.31 Å². The van der Waals surface area contributed by atoms with Crippen molar-refractivity contribution in [2.75, 3.05) is 31.6 Å². The zero-order valence-electron chi connectivity index (χ0n) is 15.8. The molecule has 2 saturated heterocycles. The first-order valence-corrected chi connectivity index (χ1v) is 10.7. The van der Waals surface area contributed by atoms with Crippen LogP contribution in [-0.2, 0) is 24.3 Å². The van der Waals surface area contributed by atoms with E-state index in [1.165, 1.54) is 11.4 Å². The lowest BCUT2D eigenvalue weighted by atomic mass is 10.1. The van der Waals surface area contributed by atoms with E-state index >= 15 is 0 Å². The monoisotopic (exact) mass is 394 g/mol. The lowest BCUT2D eigenvalue weighted by molar-refractivity contribution is -0.144. The minimum Gasteiger partial charge on any atom is -0.468 e. The summed E-state index contributed by atoms with van der Waals surface area (Å²) in [6.45, 7) is 3.60. The molecule has 3 rings (SSSR count).